The number of hydrogen-bond acceptors (Lipinski definition) is 5. The van der Waals surface area contributed by atoms with Crippen LogP contribution >= 0.6 is 0 Å². The molecule has 1 saturated heterocycles. The van der Waals surface area contributed by atoms with Gasteiger partial charge in [0.05, 0.1) is 0 Å². The lowest BCUT2D eigenvalue weighted by Crippen LogP contribution is -2.39. The van der Waals surface area contributed by atoms with Crippen molar-refractivity contribution in [3.05, 3.63) is 18.7 Å². The molecule has 1 fully saturated rings. The zero-order valence-corrected chi connectivity index (χ0v) is 12.2. The smallest absolute Gasteiger partial charge is 0.203 e. The Kier molecular flexibility index (Phi) is 3.82. The molecular weight excluding hydrogens is 252 g/mol. The maximum Gasteiger partial charge on any atom is 0.203 e. The summed E-state index contributed by atoms with van der Waals surface area (Å²) >= 11 is 0. The van der Waals surface area contributed by atoms with Gasteiger partial charge in [-0.25, -0.2) is 4.98 Å². The molecule has 0 spiro atoms. The van der Waals surface area contributed by atoms with Crippen LogP contribution in [0.3, 0.4) is 0 Å². The number of piperidine rings is 1. The van der Waals surface area contributed by atoms with E-state index >= 15 is 0 Å². The van der Waals surface area contributed by atoms with Gasteiger partial charge in [0.15, 0.2) is 5.82 Å². The molecule has 6 nitrogen and oxygen atoms in total. The predicted molar refractivity (Wildman–Crippen MR) is 78.9 cm³/mol. The first-order valence-corrected chi connectivity index (χ1v) is 7.36. The van der Waals surface area contributed by atoms with Crippen molar-refractivity contribution in [1.29, 1.82) is 0 Å². The third-order valence-electron chi connectivity index (χ3n) is 3.93. The minimum atomic E-state index is 0.569. The minimum absolute atomic E-state index is 0.569. The van der Waals surface area contributed by atoms with Crippen LogP contribution < -0.4 is 10.2 Å². The fourth-order valence-corrected chi connectivity index (χ4v) is 2.72. The average molecular weight is 274 g/mol. The summed E-state index contributed by atoms with van der Waals surface area (Å²) in [7, 11) is 0. The Labute approximate surface area is 119 Å². The molecule has 0 atom stereocenters. The lowest BCUT2D eigenvalue weighted by Gasteiger charge is -2.33. The fraction of sp³-hybridized carbons (Fsp3) is 0.643. The molecule has 3 rings (SSSR count). The molecule has 0 aromatic carbocycles. The molecule has 0 saturated carbocycles. The van der Waals surface area contributed by atoms with Crippen molar-refractivity contribution in [2.75, 3.05) is 24.5 Å². The van der Waals surface area contributed by atoms with Crippen molar-refractivity contribution in [3.63, 3.8) is 0 Å². The van der Waals surface area contributed by atoms with E-state index in [1.807, 2.05) is 16.8 Å². The van der Waals surface area contributed by atoms with E-state index in [1.165, 1.54) is 12.8 Å². The highest BCUT2D eigenvalue weighted by molar-refractivity contribution is 5.63. The summed E-state index contributed by atoms with van der Waals surface area (Å²) in [6.45, 7) is 7.61. The van der Waals surface area contributed by atoms with Gasteiger partial charge in [-0.1, -0.05) is 13.8 Å². The Morgan fingerprint density at radius 3 is 2.90 bits per heavy atom. The third kappa shape index (κ3) is 2.75. The van der Waals surface area contributed by atoms with E-state index in [4.69, 9.17) is 0 Å². The summed E-state index contributed by atoms with van der Waals surface area (Å²) in [6.07, 6.45) is 7.84. The van der Waals surface area contributed by atoms with Crippen LogP contribution in [0.1, 0.15) is 26.7 Å². The van der Waals surface area contributed by atoms with Gasteiger partial charge >= 0.3 is 0 Å². The zero-order valence-electron chi connectivity index (χ0n) is 12.2. The predicted octanol–water partition coefficient (Wildman–Crippen LogP) is 1.34. The van der Waals surface area contributed by atoms with E-state index in [-0.39, 0.29) is 0 Å². The molecule has 1 aliphatic heterocycles. The fourth-order valence-electron chi connectivity index (χ4n) is 2.72. The van der Waals surface area contributed by atoms with E-state index in [1.54, 1.807) is 6.33 Å². The van der Waals surface area contributed by atoms with E-state index in [2.05, 4.69) is 39.2 Å². The molecule has 0 radical (unpaired) electrons. The number of nitrogens with zero attached hydrogens (tertiary/aromatic N) is 5. The second kappa shape index (κ2) is 5.75. The number of rotatable bonds is 4. The van der Waals surface area contributed by atoms with Crippen LogP contribution in [-0.2, 0) is 0 Å². The molecule has 3 heterocycles. The van der Waals surface area contributed by atoms with Gasteiger partial charge in [0.1, 0.15) is 6.33 Å². The molecular formula is C14H22N6. The lowest BCUT2D eigenvalue weighted by atomic mass is 9.96. The van der Waals surface area contributed by atoms with E-state index in [0.717, 1.165) is 37.0 Å². The summed E-state index contributed by atoms with van der Waals surface area (Å²) in [5, 5.41) is 11.7. The lowest BCUT2D eigenvalue weighted by molar-refractivity contribution is 0.370. The van der Waals surface area contributed by atoms with Gasteiger partial charge in [0.2, 0.25) is 5.65 Å². The quantitative estimate of drug-likeness (QED) is 0.911. The summed E-state index contributed by atoms with van der Waals surface area (Å²) in [4.78, 5) is 6.82. The van der Waals surface area contributed by atoms with Gasteiger partial charge < -0.3 is 10.2 Å². The molecule has 0 bridgehead atoms. The van der Waals surface area contributed by atoms with Crippen molar-refractivity contribution < 1.29 is 0 Å². The molecule has 1 aliphatic rings. The summed E-state index contributed by atoms with van der Waals surface area (Å²) in [5.74, 6) is 1.73. The van der Waals surface area contributed by atoms with E-state index < -0.39 is 0 Å². The van der Waals surface area contributed by atoms with Crippen LogP contribution in [0.15, 0.2) is 18.7 Å². The molecule has 1 N–H and O–H groups in total. The number of fused-ring (bicyclic) bond motifs is 1. The Morgan fingerprint density at radius 2 is 2.15 bits per heavy atom. The zero-order chi connectivity index (χ0) is 13.9. The van der Waals surface area contributed by atoms with Crippen molar-refractivity contribution in [3.8, 4) is 0 Å². The molecule has 0 unspecified atom stereocenters. The first kappa shape index (κ1) is 13.3. The van der Waals surface area contributed by atoms with Gasteiger partial charge in [-0.3, -0.25) is 4.40 Å². The van der Waals surface area contributed by atoms with Crippen LogP contribution in [0, 0.1) is 5.92 Å². The molecule has 6 heteroatoms. The molecule has 0 aliphatic carbocycles. The number of hydrogen-bond donors (Lipinski definition) is 1. The number of aromatic nitrogens is 4. The second-order valence-corrected chi connectivity index (χ2v) is 5.81. The normalized spacial score (nSPS) is 17.2. The Balaban J connectivity index is 1.65. The van der Waals surface area contributed by atoms with E-state index in [9.17, 15) is 0 Å². The Hall–Kier alpha value is -1.69. The highest BCUT2D eigenvalue weighted by Gasteiger charge is 2.22. The highest BCUT2D eigenvalue weighted by Crippen LogP contribution is 2.23. The maximum absolute atomic E-state index is 4.49. The summed E-state index contributed by atoms with van der Waals surface area (Å²) < 4.78 is 1.93. The van der Waals surface area contributed by atoms with Gasteiger partial charge in [-0.05, 0) is 25.3 Å². The number of nitrogens with one attached hydrogen (secondary N) is 1. The van der Waals surface area contributed by atoms with Crippen LogP contribution in [0.5, 0.6) is 0 Å². The van der Waals surface area contributed by atoms with Crippen molar-refractivity contribution in [2.24, 2.45) is 5.92 Å². The first-order chi connectivity index (χ1) is 9.74. The molecule has 0 amide bonds. The monoisotopic (exact) mass is 274 g/mol. The van der Waals surface area contributed by atoms with Crippen molar-refractivity contribution in [2.45, 2.75) is 32.7 Å². The van der Waals surface area contributed by atoms with Gasteiger partial charge in [-0.15, -0.1) is 10.2 Å². The standard InChI is InChI=1S/C14H22N6/c1-11(2)16-9-12-3-6-19(7-4-12)13-14-18-17-10-20(14)8-5-15-13/h5,8,10-12,16H,3-4,6-7,9H2,1-2H3. The van der Waals surface area contributed by atoms with Gasteiger partial charge in [-0.2, -0.15) is 0 Å². The molecule has 20 heavy (non-hydrogen) atoms. The Bertz CT molecular complexity index is 556. The maximum atomic E-state index is 4.49. The molecule has 108 valence electrons. The Morgan fingerprint density at radius 1 is 1.35 bits per heavy atom. The minimum Gasteiger partial charge on any atom is -0.353 e. The number of anilines is 1. The van der Waals surface area contributed by atoms with E-state index in [0.29, 0.717) is 6.04 Å². The third-order valence-corrected chi connectivity index (χ3v) is 3.93. The summed E-state index contributed by atoms with van der Waals surface area (Å²) in [5.41, 5.74) is 0.853. The topological polar surface area (TPSA) is 58.4 Å². The first-order valence-electron chi connectivity index (χ1n) is 7.36. The van der Waals surface area contributed by atoms with Crippen LogP contribution in [-0.4, -0.2) is 45.3 Å². The summed E-state index contributed by atoms with van der Waals surface area (Å²) in [6, 6.07) is 0.569. The van der Waals surface area contributed by atoms with Gasteiger partial charge in [0.25, 0.3) is 0 Å². The second-order valence-electron chi connectivity index (χ2n) is 5.81. The largest absolute Gasteiger partial charge is 0.353 e. The van der Waals surface area contributed by atoms with Gasteiger partial charge in [0, 0.05) is 31.5 Å². The van der Waals surface area contributed by atoms with Crippen molar-refractivity contribution in [1.82, 2.24) is 24.9 Å². The van der Waals surface area contributed by atoms with Crippen LogP contribution in [0.25, 0.3) is 5.65 Å². The van der Waals surface area contributed by atoms with Crippen LogP contribution in [0.2, 0.25) is 0 Å². The molecule has 2 aromatic heterocycles. The SMILES string of the molecule is CC(C)NCC1CCN(c2nccn3cnnc23)CC1. The van der Waals surface area contributed by atoms with Crippen molar-refractivity contribution >= 4 is 11.5 Å². The highest BCUT2D eigenvalue weighted by atomic mass is 15.3. The van der Waals surface area contributed by atoms with Crippen LogP contribution in [0.4, 0.5) is 5.82 Å². The molecule has 2 aromatic rings. The average Bonchev–Trinajstić information content (AvgIpc) is 2.94.